The summed E-state index contributed by atoms with van der Waals surface area (Å²) in [4.78, 5) is 0. The lowest BCUT2D eigenvalue weighted by molar-refractivity contribution is -0.697. The van der Waals surface area contributed by atoms with Gasteiger partial charge in [0.05, 0.1) is 0 Å². The summed E-state index contributed by atoms with van der Waals surface area (Å²) in [5, 5.41) is 0. The standard InChI is InChI=1S/C25H26N3/c1-19-11-13-20(14-12-19)21-17-24(22-9-5-7-15-26(22)2)28(4)25(18-21)23-10-6-8-16-27(23)3/h5-18H,1-4H3/q+3. The van der Waals surface area contributed by atoms with Crippen molar-refractivity contribution in [1.29, 1.82) is 0 Å². The first-order valence-electron chi connectivity index (χ1n) is 9.56. The summed E-state index contributed by atoms with van der Waals surface area (Å²) in [5.41, 5.74) is 8.44. The van der Waals surface area contributed by atoms with Crippen LogP contribution in [0.25, 0.3) is 33.9 Å². The van der Waals surface area contributed by atoms with E-state index in [-0.39, 0.29) is 0 Å². The topological polar surface area (TPSA) is 11.6 Å². The van der Waals surface area contributed by atoms with Gasteiger partial charge in [-0.05, 0) is 30.2 Å². The lowest BCUT2D eigenvalue weighted by Crippen LogP contribution is -2.42. The third-order valence-corrected chi connectivity index (χ3v) is 5.33. The SMILES string of the molecule is Cc1ccc(-c2cc(-c3cccc[n+]3C)[n+](C)c(-c3cccc[n+]3C)c2)cc1. The lowest BCUT2D eigenvalue weighted by atomic mass is 10.0. The molecule has 3 heterocycles. The van der Waals surface area contributed by atoms with E-state index < -0.39 is 0 Å². The summed E-state index contributed by atoms with van der Waals surface area (Å²) in [6, 6.07) is 26.0. The van der Waals surface area contributed by atoms with E-state index in [1.807, 2.05) is 0 Å². The van der Waals surface area contributed by atoms with Gasteiger partial charge in [0.1, 0.15) is 21.1 Å². The fourth-order valence-corrected chi connectivity index (χ4v) is 3.64. The Kier molecular flexibility index (Phi) is 4.74. The lowest BCUT2D eigenvalue weighted by Gasteiger charge is -2.08. The monoisotopic (exact) mass is 368 g/mol. The minimum absolute atomic E-state index is 1.18. The second-order valence-electron chi connectivity index (χ2n) is 7.33. The molecule has 3 heteroatoms. The van der Waals surface area contributed by atoms with Crippen LogP contribution in [0.15, 0.2) is 85.2 Å². The highest BCUT2D eigenvalue weighted by molar-refractivity contribution is 5.71. The van der Waals surface area contributed by atoms with Crippen LogP contribution in [0.4, 0.5) is 0 Å². The first kappa shape index (κ1) is 18.1. The number of hydrogen-bond acceptors (Lipinski definition) is 0. The largest absolute Gasteiger partial charge is 0.278 e. The summed E-state index contributed by atoms with van der Waals surface area (Å²) >= 11 is 0. The van der Waals surface area contributed by atoms with Crippen LogP contribution < -0.4 is 13.7 Å². The molecule has 0 spiro atoms. The molecule has 0 N–H and O–H groups in total. The number of nitrogens with zero attached hydrogens (tertiary/aromatic N) is 3. The second-order valence-corrected chi connectivity index (χ2v) is 7.33. The molecular weight excluding hydrogens is 342 g/mol. The molecule has 0 unspecified atom stereocenters. The van der Waals surface area contributed by atoms with Gasteiger partial charge in [0.2, 0.25) is 0 Å². The van der Waals surface area contributed by atoms with E-state index in [0.29, 0.717) is 0 Å². The molecule has 0 aliphatic carbocycles. The van der Waals surface area contributed by atoms with Crippen molar-refractivity contribution < 1.29 is 13.7 Å². The van der Waals surface area contributed by atoms with Gasteiger partial charge in [0.15, 0.2) is 12.4 Å². The maximum absolute atomic E-state index is 2.28. The van der Waals surface area contributed by atoms with E-state index in [1.54, 1.807) is 0 Å². The Morgan fingerprint density at radius 1 is 0.536 bits per heavy atom. The summed E-state index contributed by atoms with van der Waals surface area (Å²) in [6.45, 7) is 2.12. The van der Waals surface area contributed by atoms with Gasteiger partial charge in [0, 0.05) is 36.4 Å². The number of benzene rings is 1. The van der Waals surface area contributed by atoms with Crippen molar-refractivity contribution in [2.75, 3.05) is 0 Å². The first-order chi connectivity index (χ1) is 13.5. The highest BCUT2D eigenvalue weighted by atomic mass is 15.0. The number of pyridine rings is 3. The van der Waals surface area contributed by atoms with Crippen molar-refractivity contribution in [3.8, 4) is 33.9 Å². The van der Waals surface area contributed by atoms with Crippen molar-refractivity contribution in [2.24, 2.45) is 21.1 Å². The summed E-state index contributed by atoms with van der Waals surface area (Å²) in [7, 11) is 6.33. The predicted molar refractivity (Wildman–Crippen MR) is 111 cm³/mol. The molecule has 0 amide bonds. The molecule has 0 radical (unpaired) electrons. The molecule has 0 aliphatic heterocycles. The molecule has 1 aromatic carbocycles. The van der Waals surface area contributed by atoms with Crippen molar-refractivity contribution in [3.05, 3.63) is 90.8 Å². The molecule has 138 valence electrons. The van der Waals surface area contributed by atoms with Crippen LogP contribution in [0.5, 0.6) is 0 Å². The fourth-order valence-electron chi connectivity index (χ4n) is 3.64. The Bertz CT molecular complexity index is 1080. The predicted octanol–water partition coefficient (Wildman–Crippen LogP) is 3.47. The average Bonchev–Trinajstić information content (AvgIpc) is 2.70. The zero-order chi connectivity index (χ0) is 19.7. The van der Waals surface area contributed by atoms with Gasteiger partial charge in [-0.1, -0.05) is 29.8 Å². The van der Waals surface area contributed by atoms with Gasteiger partial charge in [-0.15, -0.1) is 0 Å². The van der Waals surface area contributed by atoms with Crippen LogP contribution in [-0.2, 0) is 21.1 Å². The van der Waals surface area contributed by atoms with Crippen LogP contribution in [-0.4, -0.2) is 0 Å². The molecule has 4 aromatic rings. The first-order valence-corrected chi connectivity index (χ1v) is 9.56. The van der Waals surface area contributed by atoms with E-state index in [4.69, 9.17) is 0 Å². The third kappa shape index (κ3) is 3.31. The quantitative estimate of drug-likeness (QED) is 0.491. The van der Waals surface area contributed by atoms with E-state index in [9.17, 15) is 0 Å². The van der Waals surface area contributed by atoms with Gasteiger partial charge in [-0.3, -0.25) is 0 Å². The Balaban J connectivity index is 2.02. The van der Waals surface area contributed by atoms with Crippen LogP contribution in [0.2, 0.25) is 0 Å². The summed E-state index contributed by atoms with van der Waals surface area (Å²) in [5.74, 6) is 0. The van der Waals surface area contributed by atoms with E-state index in [1.165, 1.54) is 39.5 Å². The molecular formula is C25H26N3+3. The van der Waals surface area contributed by atoms with E-state index >= 15 is 0 Å². The minimum Gasteiger partial charge on any atom is -0.196 e. The number of aromatic nitrogens is 3. The number of hydrogen-bond donors (Lipinski definition) is 0. The van der Waals surface area contributed by atoms with Crippen LogP contribution >= 0.6 is 0 Å². The third-order valence-electron chi connectivity index (χ3n) is 5.33. The van der Waals surface area contributed by atoms with Crippen LogP contribution in [0, 0.1) is 6.92 Å². The summed E-state index contributed by atoms with van der Waals surface area (Å²) in [6.07, 6.45) is 4.19. The maximum Gasteiger partial charge on any atom is 0.278 e. The molecule has 0 aliphatic rings. The minimum atomic E-state index is 1.18. The second kappa shape index (κ2) is 7.35. The normalized spacial score (nSPS) is 10.9. The number of aryl methyl sites for hydroxylation is 3. The highest BCUT2D eigenvalue weighted by Crippen LogP contribution is 2.27. The molecule has 0 saturated heterocycles. The van der Waals surface area contributed by atoms with Gasteiger partial charge in [-0.2, -0.15) is 13.7 Å². The molecule has 0 atom stereocenters. The van der Waals surface area contributed by atoms with Crippen molar-refractivity contribution >= 4 is 0 Å². The van der Waals surface area contributed by atoms with Crippen molar-refractivity contribution in [1.82, 2.24) is 0 Å². The molecule has 3 aromatic heterocycles. The average molecular weight is 369 g/mol. The number of rotatable bonds is 3. The molecule has 3 nitrogen and oxygen atoms in total. The Morgan fingerprint density at radius 2 is 1.04 bits per heavy atom. The van der Waals surface area contributed by atoms with Crippen LogP contribution in [0.1, 0.15) is 5.56 Å². The summed E-state index contributed by atoms with van der Waals surface area (Å²) < 4.78 is 6.62. The van der Waals surface area contributed by atoms with E-state index in [2.05, 4.69) is 127 Å². The smallest absolute Gasteiger partial charge is 0.196 e. The maximum atomic E-state index is 2.28. The van der Waals surface area contributed by atoms with Gasteiger partial charge >= 0.3 is 0 Å². The molecule has 0 bridgehead atoms. The zero-order valence-electron chi connectivity index (χ0n) is 16.9. The molecule has 28 heavy (non-hydrogen) atoms. The van der Waals surface area contributed by atoms with Gasteiger partial charge < -0.3 is 0 Å². The Hall–Kier alpha value is -3.33. The molecule has 0 fully saturated rings. The van der Waals surface area contributed by atoms with Crippen molar-refractivity contribution in [2.45, 2.75) is 6.92 Å². The van der Waals surface area contributed by atoms with Crippen LogP contribution in [0.3, 0.4) is 0 Å². The van der Waals surface area contributed by atoms with Gasteiger partial charge in [-0.25, -0.2) is 0 Å². The highest BCUT2D eigenvalue weighted by Gasteiger charge is 2.28. The van der Waals surface area contributed by atoms with Crippen molar-refractivity contribution in [3.63, 3.8) is 0 Å². The van der Waals surface area contributed by atoms with Gasteiger partial charge in [0.25, 0.3) is 22.8 Å². The zero-order valence-corrected chi connectivity index (χ0v) is 16.9. The molecule has 4 rings (SSSR count). The Morgan fingerprint density at radius 3 is 1.50 bits per heavy atom. The van der Waals surface area contributed by atoms with E-state index in [0.717, 1.165) is 0 Å². The molecule has 0 saturated carbocycles. The fraction of sp³-hybridized carbons (Fsp3) is 0.160. The Labute approximate surface area is 166 Å².